The highest BCUT2D eigenvalue weighted by atomic mass is 16.7. The predicted octanol–water partition coefficient (Wildman–Crippen LogP) is 17.8. The van der Waals surface area contributed by atoms with Crippen LogP contribution < -0.4 is 10.9 Å². The van der Waals surface area contributed by atoms with Crippen LogP contribution in [0.1, 0.15) is 285 Å². The Kier molecular flexibility index (Phi) is 18.9. The number of fused-ring (bicyclic) bond motifs is 7. The van der Waals surface area contributed by atoms with Gasteiger partial charge in [0.15, 0.2) is 0 Å². The molecule has 2 aliphatic heterocycles. The summed E-state index contributed by atoms with van der Waals surface area (Å²) in [6.07, 6.45) is 36.2. The molecule has 2 heterocycles. The zero-order chi connectivity index (χ0) is 50.2. The highest BCUT2D eigenvalue weighted by molar-refractivity contribution is 6.62. The van der Waals surface area contributed by atoms with Gasteiger partial charge in [0, 0.05) is 10.8 Å². The molecular formula is C64H100B2O4. The van der Waals surface area contributed by atoms with Crippen molar-refractivity contribution in [3.8, 4) is 22.3 Å². The molecule has 70 heavy (non-hydrogen) atoms. The summed E-state index contributed by atoms with van der Waals surface area (Å²) in [6, 6.07) is 20.0. The molecule has 2 saturated heterocycles. The second kappa shape index (κ2) is 23.9. The Labute approximate surface area is 431 Å². The van der Waals surface area contributed by atoms with Crippen molar-refractivity contribution in [2.75, 3.05) is 0 Å². The highest BCUT2D eigenvalue weighted by Crippen LogP contribution is 2.64. The second-order valence-corrected chi connectivity index (χ2v) is 24.9. The molecule has 2 aliphatic carbocycles. The van der Waals surface area contributed by atoms with E-state index in [1.54, 1.807) is 22.3 Å². The Bertz CT molecular complexity index is 1940. The summed E-state index contributed by atoms with van der Waals surface area (Å²) in [5.41, 5.74) is 13.0. The molecule has 0 atom stereocenters. The zero-order valence-corrected chi connectivity index (χ0v) is 47.2. The average Bonchev–Trinajstić information content (AvgIpc) is 3.92. The lowest BCUT2D eigenvalue weighted by atomic mass is 9.62. The molecule has 0 N–H and O–H groups in total. The molecule has 0 amide bonds. The van der Waals surface area contributed by atoms with Gasteiger partial charge in [-0.15, -0.1) is 0 Å². The second-order valence-electron chi connectivity index (χ2n) is 24.9. The van der Waals surface area contributed by atoms with E-state index in [9.17, 15) is 0 Å². The molecule has 0 aromatic heterocycles. The van der Waals surface area contributed by atoms with E-state index in [1.807, 2.05) is 0 Å². The topological polar surface area (TPSA) is 36.9 Å². The van der Waals surface area contributed by atoms with Gasteiger partial charge in [-0.25, -0.2) is 0 Å². The van der Waals surface area contributed by atoms with E-state index in [0.717, 1.165) is 0 Å². The van der Waals surface area contributed by atoms with Crippen molar-refractivity contribution >= 4 is 25.2 Å². The van der Waals surface area contributed by atoms with Crippen molar-refractivity contribution in [1.82, 2.24) is 0 Å². The molecule has 3 aromatic carbocycles. The van der Waals surface area contributed by atoms with Crippen molar-refractivity contribution in [3.05, 3.63) is 70.8 Å². The number of hydrogen-bond acceptors (Lipinski definition) is 4. The lowest BCUT2D eigenvalue weighted by Crippen LogP contribution is -2.41. The van der Waals surface area contributed by atoms with Crippen LogP contribution in [0.25, 0.3) is 22.3 Å². The van der Waals surface area contributed by atoms with Crippen molar-refractivity contribution in [2.24, 2.45) is 0 Å². The lowest BCUT2D eigenvalue weighted by Gasteiger charge is -2.40. The maximum atomic E-state index is 6.87. The summed E-state index contributed by atoms with van der Waals surface area (Å²) in [5.74, 6) is 0. The van der Waals surface area contributed by atoms with Gasteiger partial charge in [-0.05, 0) is 137 Å². The molecule has 0 bridgehead atoms. The van der Waals surface area contributed by atoms with Crippen molar-refractivity contribution < 1.29 is 18.6 Å². The molecule has 3 aromatic rings. The van der Waals surface area contributed by atoms with E-state index >= 15 is 0 Å². The van der Waals surface area contributed by atoms with Crippen LogP contribution in [0.3, 0.4) is 0 Å². The minimum absolute atomic E-state index is 0.102. The molecule has 0 spiro atoms. The van der Waals surface area contributed by atoms with Gasteiger partial charge in [-0.1, -0.05) is 230 Å². The first-order valence-electron chi connectivity index (χ1n) is 29.7. The maximum Gasteiger partial charge on any atom is 0.494 e. The normalized spacial score (nSPS) is 19.4. The first kappa shape index (κ1) is 55.4. The third kappa shape index (κ3) is 11.5. The Hall–Kier alpha value is -2.37. The molecule has 4 aliphatic rings. The number of unbranched alkanes of at least 4 members (excludes halogenated alkanes) is 20. The first-order chi connectivity index (χ1) is 33.5. The predicted molar refractivity (Wildman–Crippen MR) is 302 cm³/mol. The Morgan fingerprint density at radius 2 is 0.557 bits per heavy atom. The molecule has 2 fully saturated rings. The van der Waals surface area contributed by atoms with Gasteiger partial charge in [-0.3, -0.25) is 0 Å². The van der Waals surface area contributed by atoms with E-state index in [1.165, 1.54) is 213 Å². The summed E-state index contributed by atoms with van der Waals surface area (Å²) in [6.45, 7) is 27.0. The van der Waals surface area contributed by atoms with E-state index in [2.05, 4.69) is 132 Å². The van der Waals surface area contributed by atoms with Crippen LogP contribution in [0.4, 0.5) is 0 Å². The van der Waals surface area contributed by atoms with Gasteiger partial charge in [0.25, 0.3) is 0 Å². The summed E-state index contributed by atoms with van der Waals surface area (Å²) < 4.78 is 27.5. The Morgan fingerprint density at radius 3 is 0.829 bits per heavy atom. The molecule has 6 heteroatoms. The van der Waals surface area contributed by atoms with Crippen molar-refractivity contribution in [3.63, 3.8) is 0 Å². The lowest BCUT2D eigenvalue weighted by molar-refractivity contribution is 0.00578. The van der Waals surface area contributed by atoms with Gasteiger partial charge in [-0.2, -0.15) is 0 Å². The fourth-order valence-corrected chi connectivity index (χ4v) is 13.1. The van der Waals surface area contributed by atoms with Gasteiger partial charge < -0.3 is 18.6 Å². The van der Waals surface area contributed by atoms with Crippen molar-refractivity contribution in [2.45, 2.75) is 296 Å². The van der Waals surface area contributed by atoms with Crippen LogP contribution >= 0.6 is 0 Å². The van der Waals surface area contributed by atoms with E-state index < -0.39 is 22.4 Å². The maximum absolute atomic E-state index is 6.87. The largest absolute Gasteiger partial charge is 0.494 e. The number of rotatable bonds is 30. The molecular weight excluding hydrogens is 854 g/mol. The summed E-state index contributed by atoms with van der Waals surface area (Å²) in [4.78, 5) is 0. The summed E-state index contributed by atoms with van der Waals surface area (Å²) in [7, 11) is -0.773. The van der Waals surface area contributed by atoms with Crippen LogP contribution in [-0.4, -0.2) is 36.6 Å². The van der Waals surface area contributed by atoms with E-state index in [4.69, 9.17) is 18.6 Å². The van der Waals surface area contributed by atoms with Crippen LogP contribution in [0.15, 0.2) is 48.5 Å². The minimum Gasteiger partial charge on any atom is -0.399 e. The van der Waals surface area contributed by atoms with Crippen LogP contribution in [0.5, 0.6) is 0 Å². The minimum atomic E-state index is -0.397. The fourth-order valence-electron chi connectivity index (χ4n) is 13.1. The van der Waals surface area contributed by atoms with Crippen LogP contribution in [0.2, 0.25) is 0 Å². The summed E-state index contributed by atoms with van der Waals surface area (Å²) >= 11 is 0. The fraction of sp³-hybridized carbons (Fsp3) is 0.719. The van der Waals surface area contributed by atoms with Gasteiger partial charge >= 0.3 is 14.2 Å². The van der Waals surface area contributed by atoms with Gasteiger partial charge in [0.1, 0.15) is 0 Å². The van der Waals surface area contributed by atoms with Gasteiger partial charge in [0.2, 0.25) is 0 Å². The zero-order valence-electron chi connectivity index (χ0n) is 47.2. The Morgan fingerprint density at radius 1 is 0.314 bits per heavy atom. The highest BCUT2D eigenvalue weighted by Gasteiger charge is 2.56. The number of hydrogen-bond donors (Lipinski definition) is 0. The van der Waals surface area contributed by atoms with E-state index in [-0.39, 0.29) is 25.1 Å². The van der Waals surface area contributed by atoms with Crippen molar-refractivity contribution in [1.29, 1.82) is 0 Å². The first-order valence-corrected chi connectivity index (χ1v) is 29.7. The van der Waals surface area contributed by atoms with Crippen LogP contribution in [0, 0.1) is 0 Å². The molecule has 0 unspecified atom stereocenters. The quantitative estimate of drug-likeness (QED) is 0.0493. The average molecular weight is 955 g/mol. The third-order valence-electron chi connectivity index (χ3n) is 18.7. The standard InChI is InChI=1S/C64H100B2O4/c1-13-17-21-25-29-33-43-63(44-34-30-26-22-18-14-2)55-47-49(65-67-59(5,6)60(7,8)68-65)37-39-51(55)53-41-42-54-52-40-38-50(66-69-61(9,10)62(11,12)70-66)48-56(52)64(58(54)57(53)63,45-35-31-27-23-19-15-3)46-36-32-28-24-20-16-4/h37-42,47-48H,13-36,43-46H2,1-12H3. The molecule has 7 rings (SSSR count). The van der Waals surface area contributed by atoms with Gasteiger partial charge in [0.05, 0.1) is 22.4 Å². The van der Waals surface area contributed by atoms with E-state index in [0.29, 0.717) is 0 Å². The Balaban J connectivity index is 1.44. The molecule has 4 nitrogen and oxygen atoms in total. The third-order valence-corrected chi connectivity index (χ3v) is 18.7. The SMILES string of the molecule is CCCCCCCCC1(CCCCCCCC)c2cc(B3OC(C)(C)C(C)(C)O3)ccc2-c2ccc3c(c21)C(CCCCCCCC)(CCCCCCCC)c1cc(B2OC(C)(C)C(C)(C)O2)ccc1-3. The number of benzene rings is 3. The molecule has 0 radical (unpaired) electrons. The summed E-state index contributed by atoms with van der Waals surface area (Å²) in [5, 5.41) is 0. The smallest absolute Gasteiger partial charge is 0.399 e. The van der Waals surface area contributed by atoms with Crippen LogP contribution in [-0.2, 0) is 29.4 Å². The monoisotopic (exact) mass is 955 g/mol. The molecule has 0 saturated carbocycles. The molecule has 386 valence electrons.